The smallest absolute Gasteiger partial charge is 0.285 e. The van der Waals surface area contributed by atoms with Crippen LogP contribution < -0.4 is 4.90 Å². The van der Waals surface area contributed by atoms with Crippen LogP contribution in [-0.2, 0) is 15.6 Å². The topological polar surface area (TPSA) is 83.8 Å². The molecular weight excluding hydrogens is 354 g/mol. The zero-order valence-electron chi connectivity index (χ0n) is 14.1. The van der Waals surface area contributed by atoms with Crippen LogP contribution in [0.25, 0.3) is 0 Å². The van der Waals surface area contributed by atoms with Crippen LogP contribution in [-0.4, -0.2) is 51.9 Å². The predicted octanol–water partition coefficient (Wildman–Crippen LogP) is 2.05. The van der Waals surface area contributed by atoms with Gasteiger partial charge in [-0.2, -0.15) is 0 Å². The third-order valence-corrected chi connectivity index (χ3v) is 5.66. The number of nitro groups is 1. The van der Waals surface area contributed by atoms with Crippen molar-refractivity contribution >= 4 is 28.1 Å². The van der Waals surface area contributed by atoms with Gasteiger partial charge in [0.2, 0.25) is 5.91 Å². The van der Waals surface area contributed by atoms with Crippen molar-refractivity contribution < 1.29 is 13.9 Å². The van der Waals surface area contributed by atoms with Crippen LogP contribution in [0, 0.1) is 10.1 Å². The van der Waals surface area contributed by atoms with Crippen LogP contribution in [0.4, 0.5) is 11.4 Å². The number of piperazine rings is 1. The molecule has 0 aliphatic carbocycles. The number of carbonyl (C=O) groups is 1. The zero-order valence-corrected chi connectivity index (χ0v) is 14.9. The molecule has 1 atom stereocenters. The minimum atomic E-state index is -1.74. The third kappa shape index (κ3) is 4.08. The van der Waals surface area contributed by atoms with Crippen molar-refractivity contribution in [1.82, 2.24) is 4.90 Å². The summed E-state index contributed by atoms with van der Waals surface area (Å²) in [5.41, 5.74) is 0.899. The summed E-state index contributed by atoms with van der Waals surface area (Å²) in [6.45, 7) is 2.49. The Kier molecular flexibility index (Phi) is 5.62. The minimum absolute atomic E-state index is 0.0915. The van der Waals surface area contributed by atoms with Gasteiger partial charge in [-0.25, -0.2) is 0 Å². The van der Waals surface area contributed by atoms with Crippen molar-refractivity contribution in [3.63, 3.8) is 0 Å². The molecule has 0 saturated carbocycles. The van der Waals surface area contributed by atoms with Crippen molar-refractivity contribution in [2.75, 3.05) is 36.8 Å². The highest BCUT2D eigenvalue weighted by atomic mass is 32.2. The van der Waals surface area contributed by atoms with E-state index >= 15 is 0 Å². The summed E-state index contributed by atoms with van der Waals surface area (Å²) < 4.78 is 12.5. The Balaban J connectivity index is 1.60. The molecule has 1 saturated heterocycles. The van der Waals surface area contributed by atoms with Crippen molar-refractivity contribution in [2.24, 2.45) is 0 Å². The maximum absolute atomic E-state index is 12.5. The van der Waals surface area contributed by atoms with E-state index < -0.39 is 15.7 Å². The lowest BCUT2D eigenvalue weighted by Crippen LogP contribution is -2.49. The van der Waals surface area contributed by atoms with Gasteiger partial charge in [-0.1, -0.05) is 30.3 Å². The summed E-state index contributed by atoms with van der Waals surface area (Å²) in [5.74, 6) is -0.481. The standard InChI is InChI=1S/C18H19N3O4S/c22-18(14-26(25)17-9-5-4-8-16(17)21(23)24)20-12-10-19(11-13-20)15-6-2-1-3-7-15/h1-9H,10-14H2/t26-/m0/s1. The first-order chi connectivity index (χ1) is 12.6. The monoisotopic (exact) mass is 373 g/mol. The van der Waals surface area contributed by atoms with Gasteiger partial charge < -0.3 is 9.80 Å². The van der Waals surface area contributed by atoms with Gasteiger partial charge in [0, 0.05) is 37.9 Å². The van der Waals surface area contributed by atoms with E-state index in [1.807, 2.05) is 30.3 Å². The number of amides is 1. The van der Waals surface area contributed by atoms with Crippen molar-refractivity contribution in [2.45, 2.75) is 4.90 Å². The number of benzene rings is 2. The fraction of sp³-hybridized carbons (Fsp3) is 0.278. The first kappa shape index (κ1) is 18.1. The summed E-state index contributed by atoms with van der Waals surface area (Å²) >= 11 is 0. The van der Waals surface area contributed by atoms with Gasteiger partial charge in [0.15, 0.2) is 0 Å². The molecule has 0 spiro atoms. The van der Waals surface area contributed by atoms with Crippen LogP contribution in [0.2, 0.25) is 0 Å². The second kappa shape index (κ2) is 8.09. The molecule has 1 aliphatic heterocycles. The largest absolute Gasteiger partial charge is 0.368 e. The van der Waals surface area contributed by atoms with E-state index in [-0.39, 0.29) is 22.2 Å². The number of nitrogens with zero attached hydrogens (tertiary/aromatic N) is 3. The summed E-state index contributed by atoms with van der Waals surface area (Å²) in [7, 11) is -1.74. The molecule has 8 heteroatoms. The Labute approximate surface area is 153 Å². The number of anilines is 1. The first-order valence-electron chi connectivity index (χ1n) is 8.26. The Bertz CT molecular complexity index is 820. The highest BCUT2D eigenvalue weighted by Gasteiger charge is 2.25. The molecule has 1 heterocycles. The molecule has 2 aromatic carbocycles. The number of hydrogen-bond acceptors (Lipinski definition) is 5. The Morgan fingerprint density at radius 1 is 1.00 bits per heavy atom. The SMILES string of the molecule is O=C(C[S@](=O)c1ccccc1[N+](=O)[O-])N1CCN(c2ccccc2)CC1. The van der Waals surface area contributed by atoms with Crippen LogP contribution in [0.15, 0.2) is 59.5 Å². The van der Waals surface area contributed by atoms with E-state index in [9.17, 15) is 19.1 Å². The molecule has 136 valence electrons. The van der Waals surface area contributed by atoms with Crippen LogP contribution in [0.1, 0.15) is 0 Å². The summed E-state index contributed by atoms with van der Waals surface area (Å²) in [5, 5.41) is 11.1. The molecule has 0 radical (unpaired) electrons. The minimum Gasteiger partial charge on any atom is -0.368 e. The molecule has 0 N–H and O–H groups in total. The van der Waals surface area contributed by atoms with E-state index in [2.05, 4.69) is 4.90 Å². The van der Waals surface area contributed by atoms with Gasteiger partial charge in [-0.15, -0.1) is 0 Å². The molecule has 7 nitrogen and oxygen atoms in total. The van der Waals surface area contributed by atoms with Gasteiger partial charge in [-0.3, -0.25) is 19.1 Å². The quantitative estimate of drug-likeness (QED) is 0.592. The molecule has 2 aromatic rings. The number of nitro benzene ring substituents is 1. The Morgan fingerprint density at radius 3 is 2.27 bits per heavy atom. The first-order valence-corrected chi connectivity index (χ1v) is 9.57. The molecule has 1 aliphatic rings. The summed E-state index contributed by atoms with van der Waals surface area (Å²) in [4.78, 5) is 26.9. The normalized spacial score (nSPS) is 15.5. The van der Waals surface area contributed by atoms with E-state index in [1.165, 1.54) is 18.2 Å². The number of para-hydroxylation sites is 2. The van der Waals surface area contributed by atoms with Gasteiger partial charge in [0.25, 0.3) is 5.69 Å². The molecule has 1 fully saturated rings. The number of rotatable bonds is 5. The lowest BCUT2D eigenvalue weighted by molar-refractivity contribution is -0.387. The molecule has 0 bridgehead atoms. The average Bonchev–Trinajstić information content (AvgIpc) is 2.68. The lowest BCUT2D eigenvalue weighted by atomic mass is 10.2. The maximum atomic E-state index is 12.5. The van der Waals surface area contributed by atoms with Crippen molar-refractivity contribution in [3.05, 3.63) is 64.7 Å². The average molecular weight is 373 g/mol. The number of hydrogen-bond donors (Lipinski definition) is 0. The predicted molar refractivity (Wildman–Crippen MR) is 99.6 cm³/mol. The van der Waals surface area contributed by atoms with Crippen LogP contribution in [0.3, 0.4) is 0 Å². The number of carbonyl (C=O) groups excluding carboxylic acids is 1. The highest BCUT2D eigenvalue weighted by molar-refractivity contribution is 7.86. The van der Waals surface area contributed by atoms with Gasteiger partial charge >= 0.3 is 0 Å². The molecule has 3 rings (SSSR count). The van der Waals surface area contributed by atoms with Gasteiger partial charge in [0.05, 0.1) is 15.7 Å². The van der Waals surface area contributed by atoms with Crippen molar-refractivity contribution in [3.8, 4) is 0 Å². The third-order valence-electron chi connectivity index (χ3n) is 4.32. The fourth-order valence-electron chi connectivity index (χ4n) is 2.93. The lowest BCUT2D eigenvalue weighted by Gasteiger charge is -2.36. The summed E-state index contributed by atoms with van der Waals surface area (Å²) in [6, 6.07) is 15.8. The molecule has 1 amide bonds. The zero-order chi connectivity index (χ0) is 18.5. The van der Waals surface area contributed by atoms with Gasteiger partial charge in [-0.05, 0) is 18.2 Å². The fourth-order valence-corrected chi connectivity index (χ4v) is 4.10. The second-order valence-electron chi connectivity index (χ2n) is 5.92. The highest BCUT2D eigenvalue weighted by Crippen LogP contribution is 2.22. The Hall–Kier alpha value is -2.74. The molecule has 26 heavy (non-hydrogen) atoms. The van der Waals surface area contributed by atoms with E-state index in [4.69, 9.17) is 0 Å². The van der Waals surface area contributed by atoms with E-state index in [0.717, 1.165) is 5.69 Å². The molecule has 0 unspecified atom stereocenters. The Morgan fingerprint density at radius 2 is 1.62 bits per heavy atom. The van der Waals surface area contributed by atoms with E-state index in [0.29, 0.717) is 26.2 Å². The van der Waals surface area contributed by atoms with Gasteiger partial charge in [0.1, 0.15) is 10.6 Å². The second-order valence-corrected chi connectivity index (χ2v) is 7.34. The van der Waals surface area contributed by atoms with E-state index in [1.54, 1.807) is 11.0 Å². The molecular formula is C18H19N3O4S. The maximum Gasteiger partial charge on any atom is 0.285 e. The summed E-state index contributed by atoms with van der Waals surface area (Å²) in [6.07, 6.45) is 0. The van der Waals surface area contributed by atoms with Crippen LogP contribution >= 0.6 is 0 Å². The molecule has 0 aromatic heterocycles. The van der Waals surface area contributed by atoms with Crippen LogP contribution in [0.5, 0.6) is 0 Å². The van der Waals surface area contributed by atoms with Crippen molar-refractivity contribution in [1.29, 1.82) is 0 Å².